The van der Waals surface area contributed by atoms with E-state index in [1.54, 1.807) is 42.9 Å². The highest BCUT2D eigenvalue weighted by Crippen LogP contribution is 2.33. The molecule has 74 heavy (non-hydrogen) atoms. The van der Waals surface area contributed by atoms with E-state index in [2.05, 4.69) is 94.4 Å². The summed E-state index contributed by atoms with van der Waals surface area (Å²) in [6.45, 7) is 9.60. The second kappa shape index (κ2) is 22.2. The van der Waals surface area contributed by atoms with Crippen LogP contribution in [0.25, 0.3) is 67.3 Å². The van der Waals surface area contributed by atoms with E-state index in [1.807, 2.05) is 37.4 Å². The van der Waals surface area contributed by atoms with Crippen molar-refractivity contribution in [3.05, 3.63) is 109 Å². The molecule has 3 aliphatic rings. The van der Waals surface area contributed by atoms with E-state index in [0.29, 0.717) is 57.6 Å². The van der Waals surface area contributed by atoms with Crippen molar-refractivity contribution >= 4 is 50.6 Å². The number of hydrogen-bond donors (Lipinski definition) is 6. The molecular formula is C53H65F3N18. The van der Waals surface area contributed by atoms with E-state index in [1.165, 1.54) is 18.2 Å². The number of aromatic nitrogens is 12. The van der Waals surface area contributed by atoms with Crippen molar-refractivity contribution in [2.45, 2.75) is 70.5 Å². The smallest absolute Gasteiger partial charge is 0.181 e. The Morgan fingerprint density at radius 1 is 0.568 bits per heavy atom. The minimum Gasteiger partial charge on any atom is -0.356 e. The molecule has 2 atom stereocenters. The summed E-state index contributed by atoms with van der Waals surface area (Å²) in [5.41, 5.74) is 16.4. The number of H-pyrrole nitrogens is 3. The highest BCUT2D eigenvalue weighted by molar-refractivity contribution is 5.91. The van der Waals surface area contributed by atoms with Gasteiger partial charge >= 0.3 is 0 Å². The molecule has 9 aromatic rings. The molecular weight excluding hydrogens is 946 g/mol. The summed E-state index contributed by atoms with van der Waals surface area (Å²) in [4.78, 5) is 32.8. The van der Waals surface area contributed by atoms with Crippen LogP contribution >= 0.6 is 0 Å². The predicted octanol–water partition coefficient (Wildman–Crippen LogP) is 8.28. The molecule has 0 radical (unpaired) electrons. The molecule has 3 aliphatic heterocycles. The van der Waals surface area contributed by atoms with Crippen LogP contribution in [0.1, 0.15) is 55.2 Å². The molecule has 0 aromatic carbocycles. The summed E-state index contributed by atoms with van der Waals surface area (Å²) in [6, 6.07) is 21.5. The van der Waals surface area contributed by atoms with Crippen LogP contribution < -0.4 is 31.5 Å². The van der Waals surface area contributed by atoms with Crippen LogP contribution in [0.3, 0.4) is 0 Å². The lowest BCUT2D eigenvalue weighted by Gasteiger charge is -2.38. The number of aromatic amines is 3. The van der Waals surface area contributed by atoms with Crippen LogP contribution in [0, 0.1) is 29.3 Å². The average Bonchev–Trinajstić information content (AvgIpc) is 4.18. The van der Waals surface area contributed by atoms with Crippen LogP contribution in [0.2, 0.25) is 0 Å². The number of nitrogens with one attached hydrogen (secondary N) is 4. The molecule has 8 N–H and O–H groups in total. The molecule has 0 aliphatic carbocycles. The lowest BCUT2D eigenvalue weighted by molar-refractivity contribution is 0.321. The quantitative estimate of drug-likeness (QED) is 0.0798. The van der Waals surface area contributed by atoms with Gasteiger partial charge in [0.15, 0.2) is 34.4 Å². The molecule has 0 unspecified atom stereocenters. The van der Waals surface area contributed by atoms with E-state index >= 15 is 0 Å². The number of rotatable bonds is 9. The molecule has 21 heteroatoms. The molecule has 3 saturated heterocycles. The molecule has 0 saturated carbocycles. The van der Waals surface area contributed by atoms with Crippen LogP contribution in [0.4, 0.5) is 30.6 Å². The van der Waals surface area contributed by atoms with Gasteiger partial charge in [-0.25, -0.2) is 43.1 Å². The highest BCUT2D eigenvalue weighted by Gasteiger charge is 2.28. The minimum absolute atomic E-state index is 0. The van der Waals surface area contributed by atoms with Gasteiger partial charge in [0.25, 0.3) is 0 Å². The van der Waals surface area contributed by atoms with E-state index in [9.17, 15) is 13.2 Å². The summed E-state index contributed by atoms with van der Waals surface area (Å²) >= 11 is 0. The zero-order valence-corrected chi connectivity index (χ0v) is 41.7. The minimum atomic E-state index is -0.381. The monoisotopic (exact) mass is 1010 g/mol. The van der Waals surface area contributed by atoms with Crippen molar-refractivity contribution in [2.75, 3.05) is 61.0 Å². The molecule has 9 aromatic heterocycles. The number of nitrogens with two attached hydrogens (primary N) is 2. The first-order chi connectivity index (χ1) is 36.0. The van der Waals surface area contributed by atoms with E-state index in [0.717, 1.165) is 111 Å². The Balaban J connectivity index is 0.000000150. The molecule has 12 heterocycles. The van der Waals surface area contributed by atoms with E-state index in [-0.39, 0.29) is 43.8 Å². The Labute approximate surface area is 429 Å². The van der Waals surface area contributed by atoms with Crippen molar-refractivity contribution in [1.82, 2.24) is 65.8 Å². The topological polar surface area (TPSA) is 237 Å². The van der Waals surface area contributed by atoms with Gasteiger partial charge in [-0.15, -0.1) is 0 Å². The maximum atomic E-state index is 14.6. The largest absolute Gasteiger partial charge is 0.356 e. The SMILES string of the molecule is CC(C)C[C@@H]1C[C@@H](N)CN(c2ccc(F)c(-c3[nH]nc4ncccc34)n2)C1.CNC1CCN(c2ccc(F)c(-c3[nH]nc4ncccc34)n2)CC1.NC1CCN(c2ccc(F)c(-c3[nH]nc4ncccc34)n2)CC1.[HH].[HH]. The van der Waals surface area contributed by atoms with Crippen molar-refractivity contribution in [2.24, 2.45) is 23.3 Å². The fraction of sp³-hybridized carbons (Fsp3) is 0.377. The number of hydrogen-bond acceptors (Lipinski definition) is 15. The Morgan fingerprint density at radius 3 is 1.38 bits per heavy atom. The first-order valence-corrected chi connectivity index (χ1v) is 25.3. The van der Waals surface area contributed by atoms with Gasteiger partial charge in [-0.2, -0.15) is 15.3 Å². The number of fused-ring (bicyclic) bond motifs is 3. The van der Waals surface area contributed by atoms with Gasteiger partial charge in [0, 0.05) is 95.0 Å². The van der Waals surface area contributed by atoms with E-state index in [4.69, 9.17) is 11.5 Å². The van der Waals surface area contributed by atoms with Crippen molar-refractivity contribution < 1.29 is 16.0 Å². The van der Waals surface area contributed by atoms with Crippen LogP contribution in [0.5, 0.6) is 0 Å². The predicted molar refractivity (Wildman–Crippen MR) is 287 cm³/mol. The van der Waals surface area contributed by atoms with Crippen LogP contribution in [0.15, 0.2) is 91.4 Å². The third-order valence-corrected chi connectivity index (χ3v) is 14.0. The summed E-state index contributed by atoms with van der Waals surface area (Å²) < 4.78 is 43.3. The van der Waals surface area contributed by atoms with Crippen molar-refractivity contribution in [3.63, 3.8) is 0 Å². The van der Waals surface area contributed by atoms with Crippen LogP contribution in [-0.2, 0) is 0 Å². The lowest BCUT2D eigenvalue weighted by atomic mass is 9.87. The van der Waals surface area contributed by atoms with Gasteiger partial charge in [0.1, 0.15) is 34.5 Å². The summed E-state index contributed by atoms with van der Waals surface area (Å²) in [7, 11) is 1.99. The maximum absolute atomic E-state index is 14.6. The zero-order valence-electron chi connectivity index (χ0n) is 41.7. The lowest BCUT2D eigenvalue weighted by Crippen LogP contribution is -2.47. The second-order valence-corrected chi connectivity index (χ2v) is 19.7. The van der Waals surface area contributed by atoms with Gasteiger partial charge < -0.3 is 31.5 Å². The van der Waals surface area contributed by atoms with Crippen molar-refractivity contribution in [3.8, 4) is 34.2 Å². The molecule has 0 spiro atoms. The summed E-state index contributed by atoms with van der Waals surface area (Å²) in [5, 5.41) is 26.6. The highest BCUT2D eigenvalue weighted by atomic mass is 19.1. The Morgan fingerprint density at radius 2 is 0.973 bits per heavy atom. The van der Waals surface area contributed by atoms with Gasteiger partial charge in [-0.1, -0.05) is 13.8 Å². The Bertz CT molecular complexity index is 3330. The fourth-order valence-electron chi connectivity index (χ4n) is 10.2. The number of nitrogens with zero attached hydrogens (tertiary/aromatic N) is 12. The third kappa shape index (κ3) is 11.0. The first-order valence-electron chi connectivity index (χ1n) is 25.3. The first kappa shape index (κ1) is 49.9. The second-order valence-electron chi connectivity index (χ2n) is 19.7. The average molecular weight is 1010 g/mol. The number of piperidine rings is 3. The third-order valence-electron chi connectivity index (χ3n) is 14.0. The molecule has 18 nitrogen and oxygen atoms in total. The zero-order chi connectivity index (χ0) is 51.3. The number of pyridine rings is 6. The Hall–Kier alpha value is -7.62. The van der Waals surface area contributed by atoms with Gasteiger partial charge in [0.2, 0.25) is 0 Å². The van der Waals surface area contributed by atoms with Gasteiger partial charge in [0.05, 0.1) is 17.1 Å². The van der Waals surface area contributed by atoms with Crippen molar-refractivity contribution in [1.29, 1.82) is 0 Å². The number of anilines is 3. The normalized spacial score (nSPS) is 17.7. The fourth-order valence-corrected chi connectivity index (χ4v) is 10.2. The van der Waals surface area contributed by atoms with Gasteiger partial charge in [-0.3, -0.25) is 15.3 Å². The number of halogens is 3. The van der Waals surface area contributed by atoms with Gasteiger partial charge in [-0.05, 0) is 130 Å². The molecule has 388 valence electrons. The Kier molecular flexibility index (Phi) is 15.0. The maximum Gasteiger partial charge on any atom is 0.181 e. The molecule has 0 bridgehead atoms. The molecule has 3 fully saturated rings. The van der Waals surface area contributed by atoms with E-state index < -0.39 is 0 Å². The van der Waals surface area contributed by atoms with Crippen LogP contribution in [-0.4, -0.2) is 125 Å². The summed E-state index contributed by atoms with van der Waals surface area (Å²) in [6.07, 6.45) is 11.1. The standard InChI is InChI=1S/C20H25FN6.C17H19FN6.C16H17FN6.2H2/c1-12(2)8-13-9-14(22)11-27(10-13)17-6-5-16(21)19(24-17)18-15-4-3-7-23-20(15)26-25-18;1-19-11-6-9-24(10-7-11)14-5-4-13(18)16(21-14)15-12-3-2-8-20-17(12)23-22-15;17-12-3-4-13(23-8-5-10(18)6-9-23)20-15(12)14-11-2-1-7-19-16(11)22-21-14;;/h3-7,12-14H,8-11,22H2,1-2H3,(H,23,25,26);2-5,8,11,19H,6-7,9-10H2,1H3,(H,20,22,23);1-4,7,10H,5-6,8-9,18H2,(H,19,21,22);2*1H/t13-,14-;;;;/m1..../s1. The summed E-state index contributed by atoms with van der Waals surface area (Å²) in [5.74, 6) is 2.35. The molecule has 0 amide bonds. The molecule has 12 rings (SSSR count).